The number of anilines is 2. The highest BCUT2D eigenvalue weighted by Gasteiger charge is 2.28. The molecule has 1 amide bonds. The first-order chi connectivity index (χ1) is 17.3. The average molecular weight is 504 g/mol. The molecule has 5 rings (SSSR count). The molecule has 1 aliphatic carbocycles. The van der Waals surface area contributed by atoms with Crippen LogP contribution in [-0.2, 0) is 4.74 Å². The van der Waals surface area contributed by atoms with E-state index in [9.17, 15) is 18.7 Å². The minimum Gasteiger partial charge on any atom is -0.396 e. The SMILES string of the molecule is C[C@@H]1CN(c2ccn3ncc(C(=O)Nc4cn(C5CCC(CO)CC5)nc4C(F)F)c3n2)C[C@@H](C)O1. The molecular weight excluding hydrogens is 472 g/mol. The molecule has 2 aliphatic rings. The van der Waals surface area contributed by atoms with Crippen molar-refractivity contribution < 1.29 is 23.4 Å². The number of aliphatic hydroxyl groups is 1. The molecule has 1 aliphatic heterocycles. The van der Waals surface area contributed by atoms with Crippen molar-refractivity contribution in [1.82, 2.24) is 24.4 Å². The first-order valence-electron chi connectivity index (χ1n) is 12.4. The zero-order valence-electron chi connectivity index (χ0n) is 20.3. The van der Waals surface area contributed by atoms with Gasteiger partial charge in [0.15, 0.2) is 11.3 Å². The number of morpholine rings is 1. The Morgan fingerprint density at radius 1 is 1.22 bits per heavy atom. The summed E-state index contributed by atoms with van der Waals surface area (Å²) in [6, 6.07) is 1.78. The normalized spacial score (nSPS) is 25.0. The largest absolute Gasteiger partial charge is 0.396 e. The lowest BCUT2D eigenvalue weighted by atomic mass is 9.87. The molecule has 2 fully saturated rings. The molecule has 36 heavy (non-hydrogen) atoms. The Balaban J connectivity index is 1.38. The van der Waals surface area contributed by atoms with Gasteiger partial charge in [0.25, 0.3) is 12.3 Å². The van der Waals surface area contributed by atoms with Crippen LogP contribution >= 0.6 is 0 Å². The van der Waals surface area contributed by atoms with Gasteiger partial charge in [0, 0.05) is 32.1 Å². The Morgan fingerprint density at radius 3 is 2.61 bits per heavy atom. The first kappa shape index (κ1) is 24.6. The maximum Gasteiger partial charge on any atom is 0.284 e. The van der Waals surface area contributed by atoms with E-state index >= 15 is 0 Å². The highest BCUT2D eigenvalue weighted by Crippen LogP contribution is 2.34. The molecule has 0 aromatic carbocycles. The van der Waals surface area contributed by atoms with Crippen LogP contribution in [-0.4, -0.2) is 67.3 Å². The van der Waals surface area contributed by atoms with Crippen LogP contribution in [0.2, 0.25) is 0 Å². The predicted octanol–water partition coefficient (Wildman–Crippen LogP) is 3.45. The monoisotopic (exact) mass is 503 g/mol. The summed E-state index contributed by atoms with van der Waals surface area (Å²) in [4.78, 5) is 19.9. The molecule has 12 heteroatoms. The second-order valence-electron chi connectivity index (χ2n) is 9.79. The van der Waals surface area contributed by atoms with E-state index in [0.29, 0.717) is 24.6 Å². The molecule has 3 aromatic heterocycles. The maximum absolute atomic E-state index is 13.8. The van der Waals surface area contributed by atoms with E-state index in [1.807, 2.05) is 19.9 Å². The molecule has 1 saturated heterocycles. The van der Waals surface area contributed by atoms with Gasteiger partial charge >= 0.3 is 0 Å². The standard InChI is InChI=1S/C24H31F2N7O3/c1-14-10-31(11-15(2)36-14)20-7-8-32-23(29-20)18(9-27-32)24(35)28-19-12-33(30-21(19)22(25)26)17-5-3-16(13-34)4-6-17/h7-9,12,14-17,22,34H,3-6,10-11,13H2,1-2H3,(H,28,35)/t14-,15-,16?,17?/m1/s1. The zero-order chi connectivity index (χ0) is 25.4. The Morgan fingerprint density at radius 2 is 1.94 bits per heavy atom. The molecule has 0 unspecified atom stereocenters. The number of aromatic nitrogens is 5. The van der Waals surface area contributed by atoms with Crippen LogP contribution < -0.4 is 10.2 Å². The van der Waals surface area contributed by atoms with E-state index in [0.717, 1.165) is 25.7 Å². The molecule has 0 radical (unpaired) electrons. The van der Waals surface area contributed by atoms with Crippen LogP contribution in [0.3, 0.4) is 0 Å². The van der Waals surface area contributed by atoms with Gasteiger partial charge in [-0.15, -0.1) is 0 Å². The summed E-state index contributed by atoms with van der Waals surface area (Å²) in [6.45, 7) is 5.46. The molecule has 2 atom stereocenters. The molecule has 1 saturated carbocycles. The Labute approximate surface area is 207 Å². The third-order valence-corrected chi connectivity index (χ3v) is 7.01. The van der Waals surface area contributed by atoms with Gasteiger partial charge in [0.1, 0.15) is 11.4 Å². The minimum absolute atomic E-state index is 0.0226. The van der Waals surface area contributed by atoms with Crippen molar-refractivity contribution in [3.8, 4) is 0 Å². The fourth-order valence-corrected chi connectivity index (χ4v) is 5.19. The number of halogens is 2. The van der Waals surface area contributed by atoms with Gasteiger partial charge in [-0.05, 0) is 51.5 Å². The third kappa shape index (κ3) is 4.92. The van der Waals surface area contributed by atoms with Crippen molar-refractivity contribution >= 4 is 23.1 Å². The second-order valence-corrected chi connectivity index (χ2v) is 9.79. The molecule has 10 nitrogen and oxygen atoms in total. The summed E-state index contributed by atoms with van der Waals surface area (Å²) in [6.07, 6.45) is 4.93. The highest BCUT2D eigenvalue weighted by molar-refractivity contribution is 6.08. The van der Waals surface area contributed by atoms with Crippen LogP contribution in [0, 0.1) is 5.92 Å². The topological polar surface area (TPSA) is 110 Å². The van der Waals surface area contributed by atoms with E-state index in [1.54, 1.807) is 6.20 Å². The number of carbonyl (C=O) groups excluding carboxylic acids is 1. The van der Waals surface area contributed by atoms with E-state index in [-0.39, 0.29) is 42.0 Å². The number of carbonyl (C=O) groups is 1. The van der Waals surface area contributed by atoms with Gasteiger partial charge in [-0.3, -0.25) is 9.48 Å². The van der Waals surface area contributed by atoms with Crippen molar-refractivity contribution in [3.05, 3.63) is 35.9 Å². The van der Waals surface area contributed by atoms with E-state index in [1.165, 1.54) is 21.6 Å². The van der Waals surface area contributed by atoms with Crippen molar-refractivity contribution in [2.24, 2.45) is 5.92 Å². The van der Waals surface area contributed by atoms with Gasteiger partial charge in [-0.2, -0.15) is 10.2 Å². The van der Waals surface area contributed by atoms with Gasteiger partial charge in [0.05, 0.1) is 30.1 Å². The summed E-state index contributed by atoms with van der Waals surface area (Å²) in [5.41, 5.74) is 0.0346. The Hall–Kier alpha value is -3.12. The number of fused-ring (bicyclic) bond motifs is 1. The predicted molar refractivity (Wildman–Crippen MR) is 128 cm³/mol. The number of ether oxygens (including phenoxy) is 1. The maximum atomic E-state index is 13.8. The van der Waals surface area contributed by atoms with Gasteiger partial charge in [0.2, 0.25) is 0 Å². The van der Waals surface area contributed by atoms with Gasteiger partial charge in [-0.25, -0.2) is 18.3 Å². The average Bonchev–Trinajstić information content (AvgIpc) is 3.47. The van der Waals surface area contributed by atoms with Gasteiger partial charge < -0.3 is 20.1 Å². The second kappa shape index (κ2) is 10.1. The van der Waals surface area contributed by atoms with Crippen LogP contribution in [0.15, 0.2) is 24.7 Å². The number of rotatable bonds is 6. The fraction of sp³-hybridized carbons (Fsp3) is 0.583. The molecule has 194 valence electrons. The van der Waals surface area contributed by atoms with Crippen LogP contribution in [0.5, 0.6) is 0 Å². The summed E-state index contributed by atoms with van der Waals surface area (Å²) in [5.74, 6) is 0.352. The Kier molecular flexibility index (Phi) is 6.89. The number of hydrogen-bond acceptors (Lipinski definition) is 7. The van der Waals surface area contributed by atoms with Crippen LogP contribution in [0.4, 0.5) is 20.3 Å². The number of hydrogen-bond donors (Lipinski definition) is 2. The lowest BCUT2D eigenvalue weighted by Gasteiger charge is -2.36. The number of amides is 1. The molecule has 0 spiro atoms. The fourth-order valence-electron chi connectivity index (χ4n) is 5.19. The summed E-state index contributed by atoms with van der Waals surface area (Å²) in [5, 5.41) is 20.3. The highest BCUT2D eigenvalue weighted by atomic mass is 19.3. The van der Waals surface area contributed by atoms with Gasteiger partial charge in [-0.1, -0.05) is 0 Å². The van der Waals surface area contributed by atoms with Crippen molar-refractivity contribution in [1.29, 1.82) is 0 Å². The quantitative estimate of drug-likeness (QED) is 0.530. The van der Waals surface area contributed by atoms with Crippen molar-refractivity contribution in [3.63, 3.8) is 0 Å². The van der Waals surface area contributed by atoms with E-state index < -0.39 is 18.0 Å². The zero-order valence-corrected chi connectivity index (χ0v) is 20.3. The smallest absolute Gasteiger partial charge is 0.284 e. The lowest BCUT2D eigenvalue weighted by Crippen LogP contribution is -2.45. The summed E-state index contributed by atoms with van der Waals surface area (Å²) >= 11 is 0. The van der Waals surface area contributed by atoms with Crippen LogP contribution in [0.25, 0.3) is 5.65 Å². The lowest BCUT2D eigenvalue weighted by molar-refractivity contribution is -0.00545. The summed E-state index contributed by atoms with van der Waals surface area (Å²) < 4.78 is 36.4. The molecule has 2 N–H and O–H groups in total. The van der Waals surface area contributed by atoms with Crippen molar-refractivity contribution in [2.45, 2.75) is 64.2 Å². The minimum atomic E-state index is -2.84. The molecule has 3 aromatic rings. The number of nitrogens with one attached hydrogen (secondary N) is 1. The first-order valence-corrected chi connectivity index (χ1v) is 12.4. The van der Waals surface area contributed by atoms with E-state index in [4.69, 9.17) is 4.74 Å². The van der Waals surface area contributed by atoms with E-state index in [2.05, 4.69) is 25.4 Å². The number of nitrogens with zero attached hydrogens (tertiary/aromatic N) is 6. The Bertz CT molecular complexity index is 1210. The molecule has 0 bridgehead atoms. The summed E-state index contributed by atoms with van der Waals surface area (Å²) in [7, 11) is 0. The molecule has 4 heterocycles. The van der Waals surface area contributed by atoms with Crippen LogP contribution in [0.1, 0.15) is 68.0 Å². The third-order valence-electron chi connectivity index (χ3n) is 7.01. The molecular formula is C24H31F2N7O3. The number of aliphatic hydroxyl groups excluding tert-OH is 1. The number of alkyl halides is 2. The van der Waals surface area contributed by atoms with Crippen molar-refractivity contribution in [2.75, 3.05) is 29.9 Å².